The summed E-state index contributed by atoms with van der Waals surface area (Å²) in [6, 6.07) is 15.9. The summed E-state index contributed by atoms with van der Waals surface area (Å²) in [6.45, 7) is 2.16. The van der Waals surface area contributed by atoms with E-state index in [2.05, 4.69) is 15.7 Å². The van der Waals surface area contributed by atoms with Gasteiger partial charge in [-0.25, -0.2) is 5.48 Å². The number of ether oxygens (including phenoxy) is 2. The van der Waals surface area contributed by atoms with E-state index in [1.54, 1.807) is 7.11 Å². The lowest BCUT2D eigenvalue weighted by Gasteiger charge is -2.13. The second-order valence-corrected chi connectivity index (χ2v) is 6.31. The molecule has 0 aliphatic carbocycles. The number of methoxy groups -OCH3 is 1. The van der Waals surface area contributed by atoms with Crippen LogP contribution < -0.4 is 10.2 Å². The predicted molar refractivity (Wildman–Crippen MR) is 100 cm³/mol. The van der Waals surface area contributed by atoms with E-state index in [1.807, 2.05) is 48.5 Å². The van der Waals surface area contributed by atoms with E-state index in [4.69, 9.17) is 14.3 Å². The molecule has 1 atom stereocenters. The van der Waals surface area contributed by atoms with Gasteiger partial charge in [-0.1, -0.05) is 24.3 Å². The molecular weight excluding hydrogens is 330 g/mol. The van der Waals surface area contributed by atoms with Gasteiger partial charge in [-0.3, -0.25) is 4.84 Å². The zero-order valence-electron chi connectivity index (χ0n) is 14.6. The maximum absolute atomic E-state index is 5.64. The standard InChI is InChI=1S/C20H21N3O3/c1-24-16-8-6-15(7-9-16)19-17-4-2-3-5-18(17)20(22-21-19)23-26-13-14-10-11-25-12-14/h2-9,14H,10-13H2,1H3,(H,22,23). The van der Waals surface area contributed by atoms with E-state index in [0.717, 1.165) is 47.4 Å². The minimum Gasteiger partial charge on any atom is -0.497 e. The van der Waals surface area contributed by atoms with Gasteiger partial charge in [-0.05, 0) is 30.7 Å². The lowest BCUT2D eigenvalue weighted by Crippen LogP contribution is -2.14. The van der Waals surface area contributed by atoms with Gasteiger partial charge in [0.1, 0.15) is 11.4 Å². The normalized spacial score (nSPS) is 16.7. The minimum atomic E-state index is 0.431. The Morgan fingerprint density at radius 3 is 2.62 bits per heavy atom. The van der Waals surface area contributed by atoms with Crippen molar-refractivity contribution in [2.75, 3.05) is 32.4 Å². The average molecular weight is 351 g/mol. The van der Waals surface area contributed by atoms with E-state index < -0.39 is 0 Å². The smallest absolute Gasteiger partial charge is 0.180 e. The largest absolute Gasteiger partial charge is 0.497 e. The summed E-state index contributed by atoms with van der Waals surface area (Å²) in [5.74, 6) is 1.87. The average Bonchev–Trinajstić information content (AvgIpc) is 3.22. The molecule has 1 N–H and O–H groups in total. The molecule has 2 heterocycles. The maximum atomic E-state index is 5.64. The number of hydrogen-bond donors (Lipinski definition) is 1. The molecule has 26 heavy (non-hydrogen) atoms. The Kier molecular flexibility index (Phi) is 4.95. The third-order valence-corrected chi connectivity index (χ3v) is 4.56. The summed E-state index contributed by atoms with van der Waals surface area (Å²) >= 11 is 0. The first-order valence-electron chi connectivity index (χ1n) is 8.70. The number of nitrogens with one attached hydrogen (secondary N) is 1. The molecule has 1 fully saturated rings. The SMILES string of the molecule is COc1ccc(-c2nnc(NOCC3CCOC3)c3ccccc23)cc1. The lowest BCUT2D eigenvalue weighted by molar-refractivity contribution is 0.126. The third-order valence-electron chi connectivity index (χ3n) is 4.56. The summed E-state index contributed by atoms with van der Waals surface area (Å²) in [7, 11) is 1.66. The van der Waals surface area contributed by atoms with Crippen molar-refractivity contribution in [3.8, 4) is 17.0 Å². The van der Waals surface area contributed by atoms with Gasteiger partial charge < -0.3 is 9.47 Å². The molecule has 1 aromatic heterocycles. The maximum Gasteiger partial charge on any atom is 0.180 e. The van der Waals surface area contributed by atoms with Crippen molar-refractivity contribution >= 4 is 16.6 Å². The van der Waals surface area contributed by atoms with Crippen molar-refractivity contribution in [3.63, 3.8) is 0 Å². The molecule has 0 spiro atoms. The van der Waals surface area contributed by atoms with Gasteiger partial charge in [0.05, 0.1) is 20.3 Å². The van der Waals surface area contributed by atoms with Crippen LogP contribution in [0.1, 0.15) is 6.42 Å². The van der Waals surface area contributed by atoms with Crippen LogP contribution in [0.5, 0.6) is 5.75 Å². The van der Waals surface area contributed by atoms with Crippen molar-refractivity contribution in [2.45, 2.75) is 6.42 Å². The Labute approximate surface area is 152 Å². The molecule has 1 saturated heterocycles. The summed E-state index contributed by atoms with van der Waals surface area (Å²) in [5, 5.41) is 10.8. The molecule has 6 heteroatoms. The first kappa shape index (κ1) is 16.8. The molecule has 134 valence electrons. The molecule has 3 aromatic rings. The molecule has 0 radical (unpaired) electrons. The number of hydrogen-bond acceptors (Lipinski definition) is 6. The van der Waals surface area contributed by atoms with Crippen LogP contribution in [0.15, 0.2) is 48.5 Å². The van der Waals surface area contributed by atoms with Gasteiger partial charge in [0.2, 0.25) is 0 Å². The van der Waals surface area contributed by atoms with Crippen molar-refractivity contribution in [3.05, 3.63) is 48.5 Å². The highest BCUT2D eigenvalue weighted by atomic mass is 16.6. The predicted octanol–water partition coefficient (Wildman–Crippen LogP) is 3.69. The number of rotatable bonds is 6. The number of aromatic nitrogens is 2. The Hall–Kier alpha value is -2.70. The van der Waals surface area contributed by atoms with Gasteiger partial charge in [0.15, 0.2) is 5.82 Å². The van der Waals surface area contributed by atoms with E-state index in [-0.39, 0.29) is 0 Å². The number of benzene rings is 2. The molecule has 1 unspecified atom stereocenters. The molecule has 2 aromatic carbocycles. The van der Waals surface area contributed by atoms with Gasteiger partial charge in [0, 0.05) is 28.9 Å². The first-order chi connectivity index (χ1) is 12.8. The highest BCUT2D eigenvalue weighted by molar-refractivity contribution is 5.99. The fourth-order valence-corrected chi connectivity index (χ4v) is 3.08. The monoisotopic (exact) mass is 351 g/mol. The Bertz CT molecular complexity index is 877. The lowest BCUT2D eigenvalue weighted by atomic mass is 10.0. The van der Waals surface area contributed by atoms with Crippen LogP contribution in [0.4, 0.5) is 5.82 Å². The van der Waals surface area contributed by atoms with Gasteiger partial charge in [0.25, 0.3) is 0 Å². The molecule has 4 rings (SSSR count). The molecular formula is C20H21N3O3. The minimum absolute atomic E-state index is 0.431. The van der Waals surface area contributed by atoms with Gasteiger partial charge in [-0.2, -0.15) is 0 Å². The van der Waals surface area contributed by atoms with Crippen molar-refractivity contribution in [1.29, 1.82) is 0 Å². The fraction of sp³-hybridized carbons (Fsp3) is 0.300. The van der Waals surface area contributed by atoms with Crippen LogP contribution in [0.25, 0.3) is 22.0 Å². The topological polar surface area (TPSA) is 65.5 Å². The van der Waals surface area contributed by atoms with Crippen LogP contribution in [0.2, 0.25) is 0 Å². The van der Waals surface area contributed by atoms with Gasteiger partial charge >= 0.3 is 0 Å². The summed E-state index contributed by atoms with van der Waals surface area (Å²) < 4.78 is 10.6. The molecule has 6 nitrogen and oxygen atoms in total. The van der Waals surface area contributed by atoms with Crippen LogP contribution in [-0.2, 0) is 9.57 Å². The first-order valence-corrected chi connectivity index (χ1v) is 8.70. The van der Waals surface area contributed by atoms with E-state index >= 15 is 0 Å². The third kappa shape index (κ3) is 3.47. The van der Waals surface area contributed by atoms with Crippen LogP contribution >= 0.6 is 0 Å². The Balaban J connectivity index is 1.60. The second-order valence-electron chi connectivity index (χ2n) is 6.31. The molecule has 0 amide bonds. The van der Waals surface area contributed by atoms with Crippen LogP contribution in [0, 0.1) is 5.92 Å². The van der Waals surface area contributed by atoms with E-state index in [9.17, 15) is 0 Å². The zero-order chi connectivity index (χ0) is 17.8. The fourth-order valence-electron chi connectivity index (χ4n) is 3.08. The number of nitrogens with zero attached hydrogens (tertiary/aromatic N) is 2. The van der Waals surface area contributed by atoms with E-state index in [0.29, 0.717) is 18.3 Å². The molecule has 1 aliphatic rings. The molecule has 0 saturated carbocycles. The second kappa shape index (κ2) is 7.68. The van der Waals surface area contributed by atoms with Crippen LogP contribution in [0.3, 0.4) is 0 Å². The Morgan fingerprint density at radius 2 is 1.88 bits per heavy atom. The van der Waals surface area contributed by atoms with Crippen LogP contribution in [-0.4, -0.2) is 37.1 Å². The van der Waals surface area contributed by atoms with Crippen molar-refractivity contribution in [1.82, 2.24) is 10.2 Å². The van der Waals surface area contributed by atoms with Gasteiger partial charge in [-0.15, -0.1) is 10.2 Å². The summed E-state index contributed by atoms with van der Waals surface area (Å²) in [5.41, 5.74) is 4.78. The van der Waals surface area contributed by atoms with Crippen molar-refractivity contribution in [2.24, 2.45) is 5.92 Å². The number of fused-ring (bicyclic) bond motifs is 1. The molecule has 1 aliphatic heterocycles. The highest BCUT2D eigenvalue weighted by Gasteiger charge is 2.16. The Morgan fingerprint density at radius 1 is 1.08 bits per heavy atom. The van der Waals surface area contributed by atoms with E-state index in [1.165, 1.54) is 0 Å². The highest BCUT2D eigenvalue weighted by Crippen LogP contribution is 2.30. The summed E-state index contributed by atoms with van der Waals surface area (Å²) in [4.78, 5) is 5.64. The summed E-state index contributed by atoms with van der Waals surface area (Å²) in [6.07, 6.45) is 1.03. The quantitative estimate of drug-likeness (QED) is 0.683. The molecule has 0 bridgehead atoms. The number of anilines is 1. The zero-order valence-corrected chi connectivity index (χ0v) is 14.6. The van der Waals surface area contributed by atoms with Crippen molar-refractivity contribution < 1.29 is 14.3 Å².